The Balaban J connectivity index is 1.82. The Morgan fingerprint density at radius 1 is 1.00 bits per heavy atom. The normalized spacial score (nSPS) is 16.6. The van der Waals surface area contributed by atoms with E-state index in [1.54, 1.807) is 12.1 Å². The van der Waals surface area contributed by atoms with Crippen LogP contribution in [0.1, 0.15) is 24.4 Å². The summed E-state index contributed by atoms with van der Waals surface area (Å²) in [5, 5.41) is 2.86. The topological polar surface area (TPSA) is 50.6 Å². The van der Waals surface area contributed by atoms with E-state index in [0.717, 1.165) is 10.5 Å². The van der Waals surface area contributed by atoms with E-state index in [0.29, 0.717) is 31.6 Å². The molecule has 0 saturated carbocycles. The molecule has 24 heavy (non-hydrogen) atoms. The summed E-state index contributed by atoms with van der Waals surface area (Å²) in [6.45, 7) is 1.30. The highest BCUT2D eigenvalue weighted by molar-refractivity contribution is 5.94. The molecular weight excluding hydrogens is 307 g/mol. The number of amides is 1. The Labute approximate surface area is 140 Å². The van der Waals surface area contributed by atoms with Gasteiger partial charge in [0.15, 0.2) is 6.04 Å². The first-order chi connectivity index (χ1) is 11.6. The lowest BCUT2D eigenvalue weighted by Gasteiger charge is -2.30. The minimum atomic E-state index is -0.385. The predicted octanol–water partition coefficient (Wildman–Crippen LogP) is 1.75. The van der Waals surface area contributed by atoms with E-state index >= 15 is 0 Å². The van der Waals surface area contributed by atoms with Gasteiger partial charge in [-0.1, -0.05) is 30.3 Å². The Bertz CT molecular complexity index is 706. The molecule has 2 aromatic carbocycles. The third-order valence-corrected chi connectivity index (χ3v) is 4.37. The monoisotopic (exact) mass is 327 g/mol. The maximum absolute atomic E-state index is 13.0. The van der Waals surface area contributed by atoms with Crippen molar-refractivity contribution in [2.45, 2.75) is 18.9 Å². The largest absolute Gasteiger partial charge is 0.321 e. The van der Waals surface area contributed by atoms with E-state index in [2.05, 4.69) is 5.32 Å². The van der Waals surface area contributed by atoms with E-state index in [9.17, 15) is 14.0 Å². The van der Waals surface area contributed by atoms with Crippen LogP contribution in [0.15, 0.2) is 54.6 Å². The van der Waals surface area contributed by atoms with Gasteiger partial charge in [0.2, 0.25) is 0 Å². The summed E-state index contributed by atoms with van der Waals surface area (Å²) in [6.07, 6.45) is 1.00. The zero-order valence-corrected chi connectivity index (χ0v) is 13.3. The Morgan fingerprint density at radius 3 is 2.25 bits per heavy atom. The molecule has 0 aromatic heterocycles. The Hall–Kier alpha value is -2.53. The van der Waals surface area contributed by atoms with Crippen molar-refractivity contribution in [3.05, 3.63) is 66.0 Å². The van der Waals surface area contributed by atoms with Crippen LogP contribution >= 0.6 is 0 Å². The molecule has 1 amide bonds. The van der Waals surface area contributed by atoms with Gasteiger partial charge in [-0.2, -0.15) is 0 Å². The van der Waals surface area contributed by atoms with Crippen molar-refractivity contribution in [2.24, 2.45) is 0 Å². The molecule has 2 aromatic rings. The smallest absolute Gasteiger partial charge is 0.287 e. The highest BCUT2D eigenvalue weighted by Crippen LogP contribution is 2.15. The van der Waals surface area contributed by atoms with Crippen molar-refractivity contribution >= 4 is 17.4 Å². The predicted molar refractivity (Wildman–Crippen MR) is 89.2 cm³/mol. The summed E-state index contributed by atoms with van der Waals surface area (Å²) < 4.78 is 13.0. The number of nitrogens with one attached hydrogen (secondary N) is 2. The number of hydrogen-bond donors (Lipinski definition) is 2. The standard InChI is InChI=1S/C19H19FN2O2/c20-15-6-8-16(9-7-15)21-19(24)18(14-4-2-1-3-5-14)22-12-10-17(23)11-13-22/h1-9,18H,10-13H2,(H,21,24)/p+1/t18-/m0/s1. The number of carbonyl (C=O) groups excluding carboxylic acids is 2. The molecule has 1 aliphatic heterocycles. The van der Waals surface area contributed by atoms with Crippen LogP contribution in [-0.2, 0) is 9.59 Å². The van der Waals surface area contributed by atoms with E-state index in [4.69, 9.17) is 0 Å². The number of piperidine rings is 1. The molecule has 1 saturated heterocycles. The number of likely N-dealkylation sites (tertiary alicyclic amines) is 1. The van der Waals surface area contributed by atoms with Crippen LogP contribution in [0.4, 0.5) is 10.1 Å². The lowest BCUT2D eigenvalue weighted by molar-refractivity contribution is -0.923. The fourth-order valence-electron chi connectivity index (χ4n) is 3.10. The van der Waals surface area contributed by atoms with Crippen LogP contribution in [0.3, 0.4) is 0 Å². The van der Waals surface area contributed by atoms with Gasteiger partial charge >= 0.3 is 0 Å². The van der Waals surface area contributed by atoms with Gasteiger partial charge in [-0.05, 0) is 24.3 Å². The Kier molecular flexibility index (Phi) is 5.01. The molecule has 0 spiro atoms. The maximum Gasteiger partial charge on any atom is 0.287 e. The van der Waals surface area contributed by atoms with Gasteiger partial charge in [0.05, 0.1) is 25.9 Å². The lowest BCUT2D eigenvalue weighted by atomic mass is 10.0. The average Bonchev–Trinajstić information content (AvgIpc) is 2.60. The number of hydrogen-bond acceptors (Lipinski definition) is 2. The molecule has 5 heteroatoms. The number of ketones is 1. The summed E-state index contributed by atoms with van der Waals surface area (Å²) in [5.74, 6) is -0.227. The number of rotatable bonds is 4. The van der Waals surface area contributed by atoms with E-state index in [1.807, 2.05) is 30.3 Å². The third kappa shape index (κ3) is 3.86. The third-order valence-electron chi connectivity index (χ3n) is 4.37. The van der Waals surface area contributed by atoms with Crippen LogP contribution in [0.25, 0.3) is 0 Å². The van der Waals surface area contributed by atoms with E-state index < -0.39 is 0 Å². The molecule has 1 aliphatic rings. The van der Waals surface area contributed by atoms with Gasteiger partial charge in [-0.15, -0.1) is 0 Å². The van der Waals surface area contributed by atoms with Crippen molar-refractivity contribution in [1.82, 2.24) is 0 Å². The first kappa shape index (κ1) is 16.3. The highest BCUT2D eigenvalue weighted by atomic mass is 19.1. The minimum absolute atomic E-state index is 0.142. The molecule has 3 rings (SSSR count). The van der Waals surface area contributed by atoms with Crippen LogP contribution in [-0.4, -0.2) is 24.8 Å². The Morgan fingerprint density at radius 2 is 1.62 bits per heavy atom. The van der Waals surface area contributed by atoms with Gasteiger partial charge in [0.25, 0.3) is 5.91 Å². The molecule has 0 radical (unpaired) electrons. The number of carbonyl (C=O) groups is 2. The first-order valence-electron chi connectivity index (χ1n) is 8.11. The van der Waals surface area contributed by atoms with Crippen LogP contribution in [0.2, 0.25) is 0 Å². The van der Waals surface area contributed by atoms with Crippen LogP contribution < -0.4 is 10.2 Å². The summed E-state index contributed by atoms with van der Waals surface area (Å²) >= 11 is 0. The fraction of sp³-hybridized carbons (Fsp3) is 0.263. The molecular formula is C19H20FN2O2+. The van der Waals surface area contributed by atoms with Gasteiger partial charge in [0, 0.05) is 11.3 Å². The SMILES string of the molecule is O=C1CC[NH+]([C@H](C(=O)Nc2ccc(F)cc2)c2ccccc2)CC1. The molecule has 0 bridgehead atoms. The number of Topliss-reactive ketones (excluding diaryl/α,β-unsaturated/α-hetero) is 1. The van der Waals surface area contributed by atoms with Crippen molar-refractivity contribution in [2.75, 3.05) is 18.4 Å². The van der Waals surface area contributed by atoms with Gasteiger partial charge < -0.3 is 10.2 Å². The molecule has 0 aliphatic carbocycles. The van der Waals surface area contributed by atoms with Gasteiger partial charge in [-0.3, -0.25) is 9.59 Å². The van der Waals surface area contributed by atoms with Crippen LogP contribution in [0, 0.1) is 5.82 Å². The number of anilines is 1. The summed E-state index contributed by atoms with van der Waals surface area (Å²) in [6, 6.07) is 14.9. The molecule has 2 N–H and O–H groups in total. The first-order valence-corrected chi connectivity index (χ1v) is 8.11. The number of benzene rings is 2. The zero-order valence-electron chi connectivity index (χ0n) is 13.3. The van der Waals surface area contributed by atoms with Gasteiger partial charge in [-0.25, -0.2) is 4.39 Å². The summed E-state index contributed by atoms with van der Waals surface area (Å²) in [5.41, 5.74) is 1.48. The van der Waals surface area contributed by atoms with Gasteiger partial charge in [0.1, 0.15) is 11.6 Å². The minimum Gasteiger partial charge on any atom is -0.321 e. The molecule has 1 fully saturated rings. The summed E-state index contributed by atoms with van der Waals surface area (Å²) in [7, 11) is 0. The van der Waals surface area contributed by atoms with Crippen molar-refractivity contribution in [3.8, 4) is 0 Å². The van der Waals surface area contributed by atoms with Crippen molar-refractivity contribution in [1.29, 1.82) is 0 Å². The number of quaternary nitrogens is 1. The second-order valence-electron chi connectivity index (χ2n) is 6.04. The fourth-order valence-corrected chi connectivity index (χ4v) is 3.10. The van der Waals surface area contributed by atoms with E-state index in [1.165, 1.54) is 12.1 Å². The highest BCUT2D eigenvalue weighted by Gasteiger charge is 2.34. The number of halogens is 1. The lowest BCUT2D eigenvalue weighted by Crippen LogP contribution is -3.14. The second kappa shape index (κ2) is 7.36. The summed E-state index contributed by atoms with van der Waals surface area (Å²) in [4.78, 5) is 25.5. The quantitative estimate of drug-likeness (QED) is 0.899. The van der Waals surface area contributed by atoms with Crippen molar-refractivity contribution < 1.29 is 18.9 Å². The zero-order chi connectivity index (χ0) is 16.9. The maximum atomic E-state index is 13.0. The van der Waals surface area contributed by atoms with E-state index in [-0.39, 0.29) is 23.5 Å². The van der Waals surface area contributed by atoms with Crippen molar-refractivity contribution in [3.63, 3.8) is 0 Å². The molecule has 4 nitrogen and oxygen atoms in total. The van der Waals surface area contributed by atoms with Crippen LogP contribution in [0.5, 0.6) is 0 Å². The average molecular weight is 327 g/mol. The molecule has 124 valence electrons. The second-order valence-corrected chi connectivity index (χ2v) is 6.04. The molecule has 1 atom stereocenters. The molecule has 0 unspecified atom stereocenters. The molecule has 1 heterocycles.